The zero-order valence-electron chi connectivity index (χ0n) is 12.6. The molecule has 1 N–H and O–H groups in total. The van der Waals surface area contributed by atoms with Crippen LogP contribution < -0.4 is 5.32 Å². The molecule has 1 aromatic rings. The van der Waals surface area contributed by atoms with E-state index in [-0.39, 0.29) is 11.3 Å². The molecule has 2 aliphatic rings. The van der Waals surface area contributed by atoms with Crippen LogP contribution >= 0.6 is 0 Å². The molecule has 1 aromatic carbocycles. The average molecular weight is 331 g/mol. The summed E-state index contributed by atoms with van der Waals surface area (Å²) in [6.45, 7) is 1.74. The van der Waals surface area contributed by atoms with Gasteiger partial charge in [0.2, 0.25) is 5.54 Å². The Hall–Kier alpha value is -3.01. The Morgan fingerprint density at radius 3 is 2.46 bits per heavy atom. The van der Waals surface area contributed by atoms with Crippen LogP contribution in [0.1, 0.15) is 11.1 Å². The molecule has 0 bridgehead atoms. The summed E-state index contributed by atoms with van der Waals surface area (Å²) in [6.07, 6.45) is 0.739. The first kappa shape index (κ1) is 15.9. The number of halogens is 3. The summed E-state index contributed by atoms with van der Waals surface area (Å²) < 4.78 is 42.3. The van der Waals surface area contributed by atoms with Gasteiger partial charge in [-0.3, -0.25) is 4.90 Å². The van der Waals surface area contributed by atoms with Crippen molar-refractivity contribution in [3.05, 3.63) is 71.1 Å². The van der Waals surface area contributed by atoms with Crippen molar-refractivity contribution in [2.24, 2.45) is 0 Å². The Morgan fingerprint density at radius 2 is 1.88 bits per heavy atom. The van der Waals surface area contributed by atoms with E-state index in [0.717, 1.165) is 10.5 Å². The van der Waals surface area contributed by atoms with Crippen LogP contribution in [0.15, 0.2) is 60.0 Å². The van der Waals surface area contributed by atoms with Crippen molar-refractivity contribution in [1.82, 2.24) is 10.2 Å². The Kier molecular flexibility index (Phi) is 3.48. The van der Waals surface area contributed by atoms with Gasteiger partial charge in [0.15, 0.2) is 0 Å². The highest BCUT2D eigenvalue weighted by Crippen LogP contribution is 2.48. The molecule has 0 radical (unpaired) electrons. The highest BCUT2D eigenvalue weighted by atomic mass is 19.4. The van der Waals surface area contributed by atoms with Gasteiger partial charge >= 0.3 is 12.2 Å². The highest BCUT2D eigenvalue weighted by molar-refractivity contribution is 5.84. The number of nitrogens with zero attached hydrogens (tertiary/aromatic N) is 2. The number of nitrogens with one attached hydrogen (secondary N) is 1. The molecule has 0 fully saturated rings. The lowest BCUT2D eigenvalue weighted by Gasteiger charge is -2.43. The molecule has 2 aliphatic heterocycles. The lowest BCUT2D eigenvalue weighted by atomic mass is 9.79. The molecule has 4 nitrogen and oxygen atoms in total. The summed E-state index contributed by atoms with van der Waals surface area (Å²) in [4.78, 5) is 13.3. The van der Waals surface area contributed by atoms with Crippen LogP contribution in [0.25, 0.3) is 0 Å². The molecule has 0 spiro atoms. The van der Waals surface area contributed by atoms with Crippen molar-refractivity contribution >= 4 is 6.03 Å². The third-order valence-electron chi connectivity index (χ3n) is 4.03. The quantitative estimate of drug-likeness (QED) is 0.854. The van der Waals surface area contributed by atoms with E-state index in [1.54, 1.807) is 13.0 Å². The van der Waals surface area contributed by atoms with E-state index < -0.39 is 23.3 Å². The first-order chi connectivity index (χ1) is 11.3. The lowest BCUT2D eigenvalue weighted by Crippen LogP contribution is -2.62. The number of alkyl halides is 3. The summed E-state index contributed by atoms with van der Waals surface area (Å²) in [5.74, 6) is 0. The molecule has 1 atom stereocenters. The molecule has 24 heavy (non-hydrogen) atoms. The molecule has 0 saturated carbocycles. The third-order valence-corrected chi connectivity index (χ3v) is 4.03. The van der Waals surface area contributed by atoms with Crippen LogP contribution in [-0.2, 0) is 5.54 Å². The number of amides is 2. The molecule has 0 aromatic heterocycles. The predicted molar refractivity (Wildman–Crippen MR) is 80.2 cm³/mol. The fourth-order valence-corrected chi connectivity index (χ4v) is 2.84. The van der Waals surface area contributed by atoms with Gasteiger partial charge in [-0.25, -0.2) is 4.79 Å². The highest BCUT2D eigenvalue weighted by Gasteiger charge is 2.63. The van der Waals surface area contributed by atoms with E-state index in [1.165, 1.54) is 48.7 Å². The molecule has 0 saturated heterocycles. The predicted octanol–water partition coefficient (Wildman–Crippen LogP) is 3.64. The van der Waals surface area contributed by atoms with Crippen LogP contribution in [0.3, 0.4) is 0 Å². The fraction of sp³-hybridized carbons (Fsp3) is 0.176. The number of benzene rings is 1. The SMILES string of the molecule is Cc1ccc(C2(C(F)(F)F)NC(=O)N3C=CC=CC3=C2C#N)cc1. The van der Waals surface area contributed by atoms with Crippen molar-refractivity contribution in [3.63, 3.8) is 0 Å². The van der Waals surface area contributed by atoms with Crippen LogP contribution in [0, 0.1) is 18.3 Å². The molecule has 2 heterocycles. The molecular formula is C17H12F3N3O. The van der Waals surface area contributed by atoms with Gasteiger partial charge in [0.05, 0.1) is 11.3 Å². The first-order valence-corrected chi connectivity index (χ1v) is 7.06. The van der Waals surface area contributed by atoms with E-state index in [0.29, 0.717) is 0 Å². The average Bonchev–Trinajstić information content (AvgIpc) is 2.54. The number of allylic oxidation sites excluding steroid dienone is 3. The number of carbonyl (C=O) groups is 1. The summed E-state index contributed by atoms with van der Waals surface area (Å²) in [6, 6.07) is 6.29. The second-order valence-corrected chi connectivity index (χ2v) is 5.49. The summed E-state index contributed by atoms with van der Waals surface area (Å²) in [5.41, 5.74) is -2.97. The monoisotopic (exact) mass is 331 g/mol. The zero-order chi connectivity index (χ0) is 17.5. The van der Waals surface area contributed by atoms with E-state index in [1.807, 2.05) is 5.32 Å². The Bertz CT molecular complexity index is 828. The number of fused-ring (bicyclic) bond motifs is 1. The third kappa shape index (κ3) is 2.11. The van der Waals surface area contributed by atoms with Crippen molar-refractivity contribution in [2.45, 2.75) is 18.6 Å². The van der Waals surface area contributed by atoms with Gasteiger partial charge in [-0.15, -0.1) is 0 Å². The number of urea groups is 1. The Balaban J connectivity index is 2.35. The van der Waals surface area contributed by atoms with Crippen molar-refractivity contribution in [1.29, 1.82) is 5.26 Å². The zero-order valence-corrected chi connectivity index (χ0v) is 12.6. The minimum Gasteiger partial charge on any atom is -0.315 e. The van der Waals surface area contributed by atoms with Crippen molar-refractivity contribution < 1.29 is 18.0 Å². The molecule has 0 aliphatic carbocycles. The number of rotatable bonds is 1. The minimum atomic E-state index is -4.89. The van der Waals surface area contributed by atoms with E-state index >= 15 is 0 Å². The van der Waals surface area contributed by atoms with Crippen LogP contribution in [0.5, 0.6) is 0 Å². The second kappa shape index (κ2) is 5.27. The van der Waals surface area contributed by atoms with E-state index in [2.05, 4.69) is 0 Å². The van der Waals surface area contributed by atoms with Gasteiger partial charge in [-0.1, -0.05) is 35.9 Å². The molecule has 2 amide bonds. The van der Waals surface area contributed by atoms with Gasteiger partial charge in [-0.05, 0) is 24.6 Å². The largest absolute Gasteiger partial charge is 0.420 e. The smallest absolute Gasteiger partial charge is 0.315 e. The van der Waals surface area contributed by atoms with Crippen LogP contribution in [-0.4, -0.2) is 17.1 Å². The van der Waals surface area contributed by atoms with E-state index in [9.17, 15) is 23.2 Å². The van der Waals surface area contributed by atoms with Gasteiger partial charge in [-0.2, -0.15) is 18.4 Å². The molecule has 3 rings (SSSR count). The van der Waals surface area contributed by atoms with Crippen LogP contribution in [0.2, 0.25) is 0 Å². The number of aryl methyl sites for hydroxylation is 1. The van der Waals surface area contributed by atoms with Gasteiger partial charge in [0, 0.05) is 6.20 Å². The Labute approximate surface area is 136 Å². The summed E-state index contributed by atoms with van der Waals surface area (Å²) >= 11 is 0. The Morgan fingerprint density at radius 1 is 1.21 bits per heavy atom. The maximum Gasteiger partial charge on any atom is 0.420 e. The normalized spacial score (nSPS) is 23.0. The topological polar surface area (TPSA) is 56.1 Å². The summed E-state index contributed by atoms with van der Waals surface area (Å²) in [7, 11) is 0. The molecule has 122 valence electrons. The number of hydrogen-bond acceptors (Lipinski definition) is 2. The van der Waals surface area contributed by atoms with Crippen molar-refractivity contribution in [3.8, 4) is 6.07 Å². The number of carbonyl (C=O) groups excluding carboxylic acids is 1. The maximum absolute atomic E-state index is 14.1. The van der Waals surface area contributed by atoms with E-state index in [4.69, 9.17) is 0 Å². The minimum absolute atomic E-state index is 0.0818. The molecule has 7 heteroatoms. The van der Waals surface area contributed by atoms with Crippen molar-refractivity contribution in [2.75, 3.05) is 0 Å². The fourth-order valence-electron chi connectivity index (χ4n) is 2.84. The van der Waals surface area contributed by atoms with Gasteiger partial charge < -0.3 is 5.32 Å². The standard InChI is InChI=1S/C17H12F3N3O/c1-11-5-7-12(8-6-11)16(17(18,19)20)13(10-21)14-4-2-3-9-23(14)15(24)22-16/h2-9H,1H3,(H,22,24). The van der Waals surface area contributed by atoms with Gasteiger partial charge in [0.25, 0.3) is 0 Å². The maximum atomic E-state index is 14.1. The van der Waals surface area contributed by atoms with Gasteiger partial charge in [0.1, 0.15) is 6.07 Å². The molecular weight excluding hydrogens is 319 g/mol. The first-order valence-electron chi connectivity index (χ1n) is 7.06. The second-order valence-electron chi connectivity index (χ2n) is 5.49. The molecule has 1 unspecified atom stereocenters. The number of nitriles is 1. The van der Waals surface area contributed by atoms with Crippen LogP contribution in [0.4, 0.5) is 18.0 Å². The summed E-state index contributed by atoms with van der Waals surface area (Å²) in [5, 5.41) is 11.5. The lowest BCUT2D eigenvalue weighted by molar-refractivity contribution is -0.186. The number of hydrogen-bond donors (Lipinski definition) is 1.